The van der Waals surface area contributed by atoms with Gasteiger partial charge in [0, 0.05) is 5.92 Å². The molecule has 3 unspecified atom stereocenters. The SMILES string of the molecule is CC1(C)OCC(COC(=O)C2CC2c2cc(F)ccc2F)O1. The zero-order valence-corrected chi connectivity index (χ0v) is 12.5. The van der Waals surface area contributed by atoms with Crippen molar-refractivity contribution in [2.45, 2.75) is 38.1 Å². The van der Waals surface area contributed by atoms with Crippen LogP contribution in [-0.2, 0) is 19.0 Å². The molecule has 2 fully saturated rings. The van der Waals surface area contributed by atoms with E-state index >= 15 is 0 Å². The third-order valence-corrected chi connectivity index (χ3v) is 3.93. The first-order valence-corrected chi connectivity index (χ1v) is 7.29. The van der Waals surface area contributed by atoms with Gasteiger partial charge in [-0.3, -0.25) is 4.79 Å². The summed E-state index contributed by atoms with van der Waals surface area (Å²) in [6.45, 7) is 4.06. The van der Waals surface area contributed by atoms with Gasteiger partial charge in [-0.05, 0) is 44.0 Å². The second-order valence-corrected chi connectivity index (χ2v) is 6.20. The van der Waals surface area contributed by atoms with Crippen LogP contribution in [0.25, 0.3) is 0 Å². The Morgan fingerprint density at radius 3 is 2.86 bits per heavy atom. The van der Waals surface area contributed by atoms with Gasteiger partial charge in [-0.1, -0.05) is 0 Å². The third-order valence-electron chi connectivity index (χ3n) is 3.93. The maximum absolute atomic E-state index is 13.7. The molecule has 1 saturated heterocycles. The highest BCUT2D eigenvalue weighted by atomic mass is 19.1. The van der Waals surface area contributed by atoms with Gasteiger partial charge in [0.25, 0.3) is 0 Å². The lowest BCUT2D eigenvalue weighted by molar-refractivity contribution is -0.159. The number of benzene rings is 1. The summed E-state index contributed by atoms with van der Waals surface area (Å²) in [5.74, 6) is -2.77. The van der Waals surface area contributed by atoms with Crippen LogP contribution in [0.4, 0.5) is 8.78 Å². The van der Waals surface area contributed by atoms with E-state index in [1.54, 1.807) is 13.8 Å². The van der Waals surface area contributed by atoms with E-state index in [2.05, 4.69) is 0 Å². The predicted octanol–water partition coefficient (Wildman–Crippen LogP) is 2.76. The summed E-state index contributed by atoms with van der Waals surface area (Å²) in [6, 6.07) is 3.29. The molecule has 0 radical (unpaired) electrons. The van der Waals surface area contributed by atoms with Crippen LogP contribution in [0, 0.1) is 17.6 Å². The summed E-state index contributed by atoms with van der Waals surface area (Å²) in [6.07, 6.45) is 0.189. The van der Waals surface area contributed by atoms with Crippen molar-refractivity contribution in [2.75, 3.05) is 13.2 Å². The molecule has 0 bridgehead atoms. The molecule has 2 aliphatic rings. The van der Waals surface area contributed by atoms with Crippen molar-refractivity contribution < 1.29 is 27.8 Å². The summed E-state index contributed by atoms with van der Waals surface area (Å²) >= 11 is 0. The molecule has 1 heterocycles. The highest BCUT2D eigenvalue weighted by molar-refractivity contribution is 5.77. The van der Waals surface area contributed by atoms with Crippen LogP contribution < -0.4 is 0 Å². The molecule has 1 aliphatic heterocycles. The third kappa shape index (κ3) is 3.28. The zero-order chi connectivity index (χ0) is 15.9. The van der Waals surface area contributed by atoms with Crippen LogP contribution in [0.3, 0.4) is 0 Å². The predicted molar refractivity (Wildman–Crippen MR) is 73.1 cm³/mol. The Hall–Kier alpha value is -1.53. The minimum absolute atomic E-state index is 0.108. The molecule has 1 aromatic carbocycles. The van der Waals surface area contributed by atoms with Crippen LogP contribution in [0.2, 0.25) is 0 Å². The molecule has 4 nitrogen and oxygen atoms in total. The van der Waals surface area contributed by atoms with E-state index in [0.29, 0.717) is 13.0 Å². The topological polar surface area (TPSA) is 44.8 Å². The molecule has 3 atom stereocenters. The zero-order valence-electron chi connectivity index (χ0n) is 12.5. The Morgan fingerprint density at radius 2 is 2.18 bits per heavy atom. The number of halogens is 2. The lowest BCUT2D eigenvalue weighted by Crippen LogP contribution is -2.25. The fourth-order valence-corrected chi connectivity index (χ4v) is 2.73. The van der Waals surface area contributed by atoms with Gasteiger partial charge in [0.1, 0.15) is 24.3 Å². The summed E-state index contributed by atoms with van der Waals surface area (Å²) in [7, 11) is 0. The first-order valence-electron chi connectivity index (χ1n) is 7.29. The quantitative estimate of drug-likeness (QED) is 0.802. The average molecular weight is 312 g/mol. The smallest absolute Gasteiger partial charge is 0.309 e. The highest BCUT2D eigenvalue weighted by Gasteiger charge is 2.47. The minimum atomic E-state index is -0.663. The molecule has 0 amide bonds. The van der Waals surface area contributed by atoms with Crippen LogP contribution in [0.15, 0.2) is 18.2 Å². The number of carbonyl (C=O) groups excluding carboxylic acids is 1. The molecule has 0 spiro atoms. The first kappa shape index (κ1) is 15.4. The Balaban J connectivity index is 1.52. The molecule has 120 valence electrons. The fraction of sp³-hybridized carbons (Fsp3) is 0.562. The number of hydrogen-bond donors (Lipinski definition) is 0. The standard InChI is InChI=1S/C16H18F2O4/c1-16(2)21-8-10(22-16)7-20-15(19)13-6-11(13)12-5-9(17)3-4-14(12)18/h3-5,10-11,13H,6-8H2,1-2H3. The fourth-order valence-electron chi connectivity index (χ4n) is 2.73. The van der Waals surface area contributed by atoms with Gasteiger partial charge < -0.3 is 14.2 Å². The summed E-state index contributed by atoms with van der Waals surface area (Å²) in [4.78, 5) is 12.0. The van der Waals surface area contributed by atoms with E-state index in [-0.39, 0.29) is 24.2 Å². The van der Waals surface area contributed by atoms with Gasteiger partial charge in [-0.2, -0.15) is 0 Å². The van der Waals surface area contributed by atoms with Gasteiger partial charge in [-0.25, -0.2) is 8.78 Å². The Labute approximate surface area is 127 Å². The number of carbonyl (C=O) groups is 1. The van der Waals surface area contributed by atoms with E-state index in [9.17, 15) is 13.6 Å². The van der Waals surface area contributed by atoms with E-state index in [4.69, 9.17) is 14.2 Å². The van der Waals surface area contributed by atoms with Crippen molar-refractivity contribution in [1.29, 1.82) is 0 Å². The number of ether oxygens (including phenoxy) is 3. The summed E-state index contributed by atoms with van der Waals surface area (Å²) < 4.78 is 43.0. The van der Waals surface area contributed by atoms with Crippen molar-refractivity contribution in [3.05, 3.63) is 35.4 Å². The number of hydrogen-bond acceptors (Lipinski definition) is 4. The monoisotopic (exact) mass is 312 g/mol. The van der Waals surface area contributed by atoms with Gasteiger partial charge in [0.15, 0.2) is 5.79 Å². The minimum Gasteiger partial charge on any atom is -0.463 e. The largest absolute Gasteiger partial charge is 0.463 e. The van der Waals surface area contributed by atoms with Crippen LogP contribution >= 0.6 is 0 Å². The van der Waals surface area contributed by atoms with Gasteiger partial charge in [-0.15, -0.1) is 0 Å². The second-order valence-electron chi connectivity index (χ2n) is 6.20. The Morgan fingerprint density at radius 1 is 1.41 bits per heavy atom. The van der Waals surface area contributed by atoms with E-state index in [1.807, 2.05) is 0 Å². The molecular formula is C16H18F2O4. The van der Waals surface area contributed by atoms with Crippen molar-refractivity contribution >= 4 is 5.97 Å². The molecular weight excluding hydrogens is 294 g/mol. The maximum Gasteiger partial charge on any atom is 0.309 e. The summed E-state index contributed by atoms with van der Waals surface area (Å²) in [5, 5.41) is 0. The highest BCUT2D eigenvalue weighted by Crippen LogP contribution is 2.49. The number of rotatable bonds is 4. The Kier molecular flexibility index (Phi) is 3.91. The molecule has 0 N–H and O–H groups in total. The van der Waals surface area contributed by atoms with Crippen LogP contribution in [-0.4, -0.2) is 31.1 Å². The second kappa shape index (κ2) is 5.59. The van der Waals surface area contributed by atoms with Gasteiger partial charge in [0.05, 0.1) is 12.5 Å². The lowest BCUT2D eigenvalue weighted by Gasteiger charge is -2.17. The molecule has 6 heteroatoms. The van der Waals surface area contributed by atoms with Crippen molar-refractivity contribution in [2.24, 2.45) is 5.92 Å². The van der Waals surface area contributed by atoms with E-state index in [0.717, 1.165) is 18.2 Å². The van der Waals surface area contributed by atoms with E-state index in [1.165, 1.54) is 0 Å². The summed E-state index contributed by atoms with van der Waals surface area (Å²) in [5.41, 5.74) is 0.239. The maximum atomic E-state index is 13.7. The molecule has 1 aromatic rings. The molecule has 1 aliphatic carbocycles. The van der Waals surface area contributed by atoms with Crippen LogP contribution in [0.5, 0.6) is 0 Å². The number of esters is 1. The molecule has 1 saturated carbocycles. The van der Waals surface area contributed by atoms with Crippen molar-refractivity contribution in [1.82, 2.24) is 0 Å². The molecule has 3 rings (SSSR count). The van der Waals surface area contributed by atoms with E-state index < -0.39 is 29.3 Å². The Bertz CT molecular complexity index is 588. The van der Waals surface area contributed by atoms with Crippen molar-refractivity contribution in [3.63, 3.8) is 0 Å². The lowest BCUT2D eigenvalue weighted by atomic mass is 10.1. The molecule has 0 aromatic heterocycles. The normalized spacial score (nSPS) is 29.4. The van der Waals surface area contributed by atoms with Gasteiger partial charge >= 0.3 is 5.97 Å². The molecule has 22 heavy (non-hydrogen) atoms. The average Bonchev–Trinajstić information content (AvgIpc) is 3.17. The van der Waals surface area contributed by atoms with Gasteiger partial charge in [0.2, 0.25) is 0 Å². The first-order chi connectivity index (χ1) is 10.4. The van der Waals surface area contributed by atoms with Crippen molar-refractivity contribution in [3.8, 4) is 0 Å². The van der Waals surface area contributed by atoms with Crippen LogP contribution in [0.1, 0.15) is 31.7 Å².